The van der Waals surface area contributed by atoms with Gasteiger partial charge in [-0.3, -0.25) is 0 Å². The molecule has 0 radical (unpaired) electrons. The second-order valence-corrected chi connectivity index (χ2v) is 8.07. The average molecular weight is 348 g/mol. The number of rotatable bonds is 6. The topological polar surface area (TPSA) is 72.2 Å². The second-order valence-electron chi connectivity index (χ2n) is 5.00. The van der Waals surface area contributed by atoms with Crippen molar-refractivity contribution in [1.82, 2.24) is 9.71 Å². The average Bonchev–Trinajstić information content (AvgIpc) is 3.17. The first-order chi connectivity index (χ1) is 11.0. The van der Waals surface area contributed by atoms with Crippen molar-refractivity contribution in [3.63, 3.8) is 0 Å². The van der Waals surface area contributed by atoms with E-state index in [1.54, 1.807) is 25.3 Å². The molecule has 5 nitrogen and oxygen atoms in total. The largest absolute Gasteiger partial charge is 0.440 e. The Balaban J connectivity index is 1.67. The van der Waals surface area contributed by atoms with Crippen molar-refractivity contribution in [3.8, 4) is 10.6 Å². The molecule has 2 aromatic heterocycles. The van der Waals surface area contributed by atoms with Gasteiger partial charge in [-0.1, -0.05) is 30.3 Å². The minimum absolute atomic E-state index is 0.273. The number of hydrogen-bond donors (Lipinski definition) is 1. The molecule has 0 amide bonds. The Bertz CT molecular complexity index is 883. The first-order valence-electron chi connectivity index (χ1n) is 7.11. The molecule has 0 fully saturated rings. The van der Waals surface area contributed by atoms with Gasteiger partial charge in [0.2, 0.25) is 10.0 Å². The van der Waals surface area contributed by atoms with Crippen LogP contribution in [0.25, 0.3) is 10.6 Å². The Morgan fingerprint density at radius 3 is 2.65 bits per heavy atom. The van der Waals surface area contributed by atoms with Gasteiger partial charge in [-0.05, 0) is 24.1 Å². The zero-order chi connectivity index (χ0) is 16.3. The highest BCUT2D eigenvalue weighted by Gasteiger charge is 2.18. The Hall–Kier alpha value is -1.96. The van der Waals surface area contributed by atoms with E-state index in [9.17, 15) is 8.42 Å². The van der Waals surface area contributed by atoms with Crippen LogP contribution in [0.3, 0.4) is 0 Å². The number of aryl methyl sites for hydroxylation is 1. The SMILES string of the molecule is Cc1ncc(-c2ccc(S(=O)(=O)NCCc3ccccc3)s2)o1. The number of hydrogen-bond acceptors (Lipinski definition) is 5. The van der Waals surface area contributed by atoms with Crippen LogP contribution >= 0.6 is 11.3 Å². The summed E-state index contributed by atoms with van der Waals surface area (Å²) in [5, 5.41) is 0. The number of sulfonamides is 1. The first kappa shape index (κ1) is 15.9. The van der Waals surface area contributed by atoms with Gasteiger partial charge in [0, 0.05) is 13.5 Å². The van der Waals surface area contributed by atoms with Crippen molar-refractivity contribution in [2.75, 3.05) is 6.54 Å². The van der Waals surface area contributed by atoms with Gasteiger partial charge in [0.05, 0.1) is 11.1 Å². The predicted molar refractivity (Wildman–Crippen MR) is 89.9 cm³/mol. The van der Waals surface area contributed by atoms with Crippen LogP contribution in [0, 0.1) is 6.92 Å². The molecule has 0 unspecified atom stereocenters. The van der Waals surface area contributed by atoms with E-state index < -0.39 is 10.0 Å². The molecule has 120 valence electrons. The van der Waals surface area contributed by atoms with Crippen molar-refractivity contribution in [3.05, 3.63) is 60.1 Å². The lowest BCUT2D eigenvalue weighted by atomic mass is 10.2. The van der Waals surface area contributed by atoms with Crippen molar-refractivity contribution in [2.45, 2.75) is 17.6 Å². The Kier molecular flexibility index (Phi) is 4.61. The van der Waals surface area contributed by atoms with Crippen molar-refractivity contribution in [1.29, 1.82) is 0 Å². The lowest BCUT2D eigenvalue weighted by Crippen LogP contribution is -2.25. The van der Waals surface area contributed by atoms with E-state index in [0.29, 0.717) is 24.6 Å². The molecule has 0 aliphatic carbocycles. The van der Waals surface area contributed by atoms with E-state index >= 15 is 0 Å². The maximum Gasteiger partial charge on any atom is 0.250 e. The van der Waals surface area contributed by atoms with Crippen molar-refractivity contribution in [2.24, 2.45) is 0 Å². The summed E-state index contributed by atoms with van der Waals surface area (Å²) in [5.74, 6) is 1.14. The number of thiophene rings is 1. The highest BCUT2D eigenvalue weighted by atomic mass is 32.2. The first-order valence-corrected chi connectivity index (χ1v) is 9.41. The second kappa shape index (κ2) is 6.66. The molecule has 3 rings (SSSR count). The van der Waals surface area contributed by atoms with Gasteiger partial charge < -0.3 is 4.42 Å². The molecule has 1 aromatic carbocycles. The van der Waals surface area contributed by atoms with E-state index in [0.717, 1.165) is 10.4 Å². The summed E-state index contributed by atoms with van der Waals surface area (Å²) in [5.41, 5.74) is 1.10. The predicted octanol–water partition coefficient (Wildman–Crippen LogP) is 3.23. The van der Waals surface area contributed by atoms with Gasteiger partial charge in [0.15, 0.2) is 11.7 Å². The molecule has 2 heterocycles. The highest BCUT2D eigenvalue weighted by molar-refractivity contribution is 7.91. The van der Waals surface area contributed by atoms with E-state index in [4.69, 9.17) is 4.42 Å². The highest BCUT2D eigenvalue weighted by Crippen LogP contribution is 2.30. The van der Waals surface area contributed by atoms with Gasteiger partial charge in [-0.15, -0.1) is 11.3 Å². The fraction of sp³-hybridized carbons (Fsp3) is 0.188. The van der Waals surface area contributed by atoms with Gasteiger partial charge >= 0.3 is 0 Å². The number of benzene rings is 1. The van der Waals surface area contributed by atoms with Gasteiger partial charge in [0.25, 0.3) is 0 Å². The molecular weight excluding hydrogens is 332 g/mol. The zero-order valence-corrected chi connectivity index (χ0v) is 14.2. The Labute approximate surface area is 139 Å². The molecule has 0 saturated carbocycles. The monoisotopic (exact) mass is 348 g/mol. The van der Waals surface area contributed by atoms with E-state index in [2.05, 4.69) is 9.71 Å². The molecule has 0 spiro atoms. The minimum atomic E-state index is -3.50. The summed E-state index contributed by atoms with van der Waals surface area (Å²) in [6.45, 7) is 2.11. The van der Waals surface area contributed by atoms with Gasteiger partial charge in [-0.2, -0.15) is 0 Å². The van der Waals surface area contributed by atoms with Crippen LogP contribution < -0.4 is 4.72 Å². The van der Waals surface area contributed by atoms with Crippen molar-refractivity contribution >= 4 is 21.4 Å². The number of nitrogens with zero attached hydrogens (tertiary/aromatic N) is 1. The third-order valence-corrected chi connectivity index (χ3v) is 6.31. The smallest absolute Gasteiger partial charge is 0.250 e. The Morgan fingerprint density at radius 1 is 1.17 bits per heavy atom. The van der Waals surface area contributed by atoms with Gasteiger partial charge in [0.1, 0.15) is 4.21 Å². The molecule has 0 saturated heterocycles. The molecule has 3 aromatic rings. The summed E-state index contributed by atoms with van der Waals surface area (Å²) < 4.78 is 33.0. The summed E-state index contributed by atoms with van der Waals surface area (Å²) in [6.07, 6.45) is 2.25. The quantitative estimate of drug-likeness (QED) is 0.742. The van der Waals surface area contributed by atoms with Crippen LogP contribution in [0.15, 0.2) is 57.3 Å². The third-order valence-electron chi connectivity index (χ3n) is 3.26. The normalized spacial score (nSPS) is 11.7. The van der Waals surface area contributed by atoms with Crippen LogP contribution in [0.4, 0.5) is 0 Å². The summed E-state index contributed by atoms with van der Waals surface area (Å²) >= 11 is 1.17. The molecule has 0 bridgehead atoms. The molecule has 0 aliphatic rings. The van der Waals surface area contributed by atoms with Gasteiger partial charge in [-0.25, -0.2) is 18.1 Å². The fourth-order valence-electron chi connectivity index (χ4n) is 2.12. The van der Waals surface area contributed by atoms with E-state index in [1.807, 2.05) is 30.3 Å². The zero-order valence-electron chi connectivity index (χ0n) is 12.5. The van der Waals surface area contributed by atoms with E-state index in [1.165, 1.54) is 11.3 Å². The minimum Gasteiger partial charge on any atom is -0.440 e. The molecular formula is C16H16N2O3S2. The summed E-state index contributed by atoms with van der Waals surface area (Å²) in [7, 11) is -3.50. The molecule has 0 atom stereocenters. The van der Waals surface area contributed by atoms with Crippen molar-refractivity contribution < 1.29 is 12.8 Å². The van der Waals surface area contributed by atoms with Crippen LogP contribution in [0.5, 0.6) is 0 Å². The maximum atomic E-state index is 12.3. The fourth-order valence-corrected chi connectivity index (χ4v) is 4.45. The standard InChI is InChI=1S/C16H16N2O3S2/c1-12-17-11-14(21-12)15-7-8-16(22-15)23(19,20)18-10-9-13-5-3-2-4-6-13/h2-8,11,18H,9-10H2,1H3. The Morgan fingerprint density at radius 2 is 1.96 bits per heavy atom. The number of nitrogens with one attached hydrogen (secondary N) is 1. The van der Waals surface area contributed by atoms with Crippen LogP contribution in [-0.2, 0) is 16.4 Å². The number of aromatic nitrogens is 1. The van der Waals surface area contributed by atoms with E-state index in [-0.39, 0.29) is 4.21 Å². The lowest BCUT2D eigenvalue weighted by molar-refractivity contribution is 0.535. The molecule has 7 heteroatoms. The molecule has 23 heavy (non-hydrogen) atoms. The summed E-state index contributed by atoms with van der Waals surface area (Å²) in [4.78, 5) is 4.77. The maximum absolute atomic E-state index is 12.3. The molecule has 0 aliphatic heterocycles. The van der Waals surface area contributed by atoms with Crippen LogP contribution in [0.2, 0.25) is 0 Å². The lowest BCUT2D eigenvalue weighted by Gasteiger charge is -2.04. The molecule has 1 N–H and O–H groups in total. The summed E-state index contributed by atoms with van der Waals surface area (Å²) in [6, 6.07) is 13.1. The third kappa shape index (κ3) is 3.87. The van der Waals surface area contributed by atoms with Crippen LogP contribution in [-0.4, -0.2) is 19.9 Å². The van der Waals surface area contributed by atoms with Crippen LogP contribution in [0.1, 0.15) is 11.5 Å². The number of oxazole rings is 1.